The van der Waals surface area contributed by atoms with Gasteiger partial charge in [-0.25, -0.2) is 13.4 Å². The molecule has 0 saturated carbocycles. The highest BCUT2D eigenvalue weighted by Crippen LogP contribution is 2.31. The number of hydrogen-bond acceptors (Lipinski definition) is 5. The van der Waals surface area contributed by atoms with E-state index in [1.54, 1.807) is 22.1 Å². The molecule has 1 fully saturated rings. The molecular weight excluding hydrogens is 364 g/mol. The molecule has 1 aromatic heterocycles. The number of aromatic nitrogens is 2. The van der Waals surface area contributed by atoms with Crippen molar-refractivity contribution in [2.24, 2.45) is 7.05 Å². The van der Waals surface area contributed by atoms with Gasteiger partial charge in [-0.1, -0.05) is 30.3 Å². The number of ether oxygens (including phenoxy) is 1. The van der Waals surface area contributed by atoms with Crippen LogP contribution in [0.3, 0.4) is 0 Å². The van der Waals surface area contributed by atoms with Crippen LogP contribution in [-0.2, 0) is 21.8 Å². The highest BCUT2D eigenvalue weighted by molar-refractivity contribution is 7.89. The van der Waals surface area contributed by atoms with Crippen LogP contribution in [-0.4, -0.2) is 61.2 Å². The van der Waals surface area contributed by atoms with Crippen LogP contribution in [0, 0.1) is 0 Å². The zero-order chi connectivity index (χ0) is 19.3. The molecule has 1 aliphatic rings. The Bertz CT molecular complexity index is 822. The van der Waals surface area contributed by atoms with Gasteiger partial charge in [0.15, 0.2) is 5.03 Å². The number of rotatable bonds is 9. The maximum Gasteiger partial charge on any atom is 0.262 e. The van der Waals surface area contributed by atoms with Gasteiger partial charge in [-0.2, -0.15) is 4.31 Å². The first-order chi connectivity index (χ1) is 13.0. The molecule has 2 unspecified atom stereocenters. The van der Waals surface area contributed by atoms with Gasteiger partial charge in [-0.05, 0) is 25.5 Å². The third-order valence-electron chi connectivity index (χ3n) is 4.88. The predicted molar refractivity (Wildman–Crippen MR) is 104 cm³/mol. The molecule has 2 aromatic rings. The summed E-state index contributed by atoms with van der Waals surface area (Å²) < 4.78 is 34.6. The molecule has 148 valence electrons. The monoisotopic (exact) mass is 392 g/mol. The van der Waals surface area contributed by atoms with Crippen molar-refractivity contribution in [1.29, 1.82) is 0 Å². The van der Waals surface area contributed by atoms with E-state index in [0.29, 0.717) is 26.3 Å². The van der Waals surface area contributed by atoms with Gasteiger partial charge < -0.3 is 14.6 Å². The lowest BCUT2D eigenvalue weighted by Crippen LogP contribution is -2.37. The number of nitrogens with one attached hydrogen (secondary N) is 1. The molecule has 0 spiro atoms. The molecule has 2 heterocycles. The Morgan fingerprint density at radius 2 is 2.04 bits per heavy atom. The fraction of sp³-hybridized carbons (Fsp3) is 0.526. The van der Waals surface area contributed by atoms with E-state index < -0.39 is 10.0 Å². The summed E-state index contributed by atoms with van der Waals surface area (Å²) in [5.74, 6) is 0.108. The molecule has 0 radical (unpaired) electrons. The molecule has 1 saturated heterocycles. The summed E-state index contributed by atoms with van der Waals surface area (Å²) >= 11 is 0. The fourth-order valence-corrected chi connectivity index (χ4v) is 4.93. The Balaban J connectivity index is 1.74. The number of benzene rings is 1. The SMILES string of the molecule is CCOCCCNC1CN(S(=O)(=O)c2cn(C)cn2)CC1c1ccccc1. The van der Waals surface area contributed by atoms with Crippen LogP contribution in [0.15, 0.2) is 47.9 Å². The highest BCUT2D eigenvalue weighted by Gasteiger charge is 2.40. The van der Waals surface area contributed by atoms with Crippen LogP contribution in [0.25, 0.3) is 0 Å². The Morgan fingerprint density at radius 3 is 2.70 bits per heavy atom. The lowest BCUT2D eigenvalue weighted by molar-refractivity contribution is 0.144. The lowest BCUT2D eigenvalue weighted by atomic mass is 9.94. The standard InChI is InChI=1S/C19H28N4O3S/c1-3-26-11-7-10-20-18-13-23(12-17(18)16-8-5-4-6-9-16)27(24,25)19-14-22(2)15-21-19/h4-6,8-9,14-15,17-18,20H,3,7,10-13H2,1-2H3. The maximum absolute atomic E-state index is 13.0. The third kappa shape index (κ3) is 4.76. The van der Waals surface area contributed by atoms with Crippen molar-refractivity contribution in [3.8, 4) is 0 Å². The van der Waals surface area contributed by atoms with E-state index in [4.69, 9.17) is 4.74 Å². The maximum atomic E-state index is 13.0. The minimum atomic E-state index is -3.59. The molecule has 1 aromatic carbocycles. The number of hydrogen-bond donors (Lipinski definition) is 1. The quantitative estimate of drug-likeness (QED) is 0.656. The normalized spacial score (nSPS) is 21.0. The number of imidazole rings is 1. The summed E-state index contributed by atoms with van der Waals surface area (Å²) in [7, 11) is -1.82. The van der Waals surface area contributed by atoms with E-state index in [2.05, 4.69) is 22.4 Å². The average molecular weight is 393 g/mol. The molecule has 8 heteroatoms. The Morgan fingerprint density at radius 1 is 1.26 bits per heavy atom. The van der Waals surface area contributed by atoms with E-state index in [1.807, 2.05) is 25.1 Å². The number of nitrogens with zero attached hydrogens (tertiary/aromatic N) is 3. The van der Waals surface area contributed by atoms with Gasteiger partial charge in [0, 0.05) is 51.5 Å². The molecule has 3 rings (SSSR count). The van der Waals surface area contributed by atoms with Gasteiger partial charge in [0.05, 0.1) is 6.33 Å². The third-order valence-corrected chi connectivity index (χ3v) is 6.59. The molecule has 0 aliphatic carbocycles. The minimum Gasteiger partial charge on any atom is -0.382 e. The van der Waals surface area contributed by atoms with Gasteiger partial charge in [0.2, 0.25) is 0 Å². The largest absolute Gasteiger partial charge is 0.382 e. The van der Waals surface area contributed by atoms with Crippen molar-refractivity contribution in [2.75, 3.05) is 32.8 Å². The van der Waals surface area contributed by atoms with Crippen LogP contribution < -0.4 is 5.32 Å². The zero-order valence-electron chi connectivity index (χ0n) is 15.9. The summed E-state index contributed by atoms with van der Waals surface area (Å²) in [6.45, 7) is 5.09. The summed E-state index contributed by atoms with van der Waals surface area (Å²) in [6.07, 6.45) is 3.97. The summed E-state index contributed by atoms with van der Waals surface area (Å²) in [6, 6.07) is 10.2. The van der Waals surface area contributed by atoms with Gasteiger partial charge in [-0.3, -0.25) is 0 Å². The Hall–Kier alpha value is -1.74. The van der Waals surface area contributed by atoms with Gasteiger partial charge in [0.1, 0.15) is 0 Å². The number of aryl methyl sites for hydroxylation is 1. The first-order valence-corrected chi connectivity index (χ1v) is 10.8. The van der Waals surface area contributed by atoms with Crippen molar-refractivity contribution in [2.45, 2.75) is 30.3 Å². The molecule has 27 heavy (non-hydrogen) atoms. The smallest absolute Gasteiger partial charge is 0.262 e. The molecule has 0 amide bonds. The molecular formula is C19H28N4O3S. The van der Waals surface area contributed by atoms with Crippen LogP contribution in [0.2, 0.25) is 0 Å². The lowest BCUT2D eigenvalue weighted by Gasteiger charge is -2.20. The van der Waals surface area contributed by atoms with Crippen LogP contribution >= 0.6 is 0 Å². The van der Waals surface area contributed by atoms with Gasteiger partial charge in [-0.15, -0.1) is 0 Å². The highest BCUT2D eigenvalue weighted by atomic mass is 32.2. The Labute approximate surface area is 161 Å². The molecule has 1 N–H and O–H groups in total. The molecule has 0 bridgehead atoms. The van der Waals surface area contributed by atoms with Crippen LogP contribution in [0.5, 0.6) is 0 Å². The van der Waals surface area contributed by atoms with E-state index in [1.165, 1.54) is 6.33 Å². The van der Waals surface area contributed by atoms with E-state index >= 15 is 0 Å². The Kier molecular flexibility index (Phi) is 6.64. The first kappa shape index (κ1) is 20.0. The minimum absolute atomic E-state index is 0.0625. The van der Waals surface area contributed by atoms with Crippen molar-refractivity contribution in [3.63, 3.8) is 0 Å². The average Bonchev–Trinajstić information content (AvgIpc) is 3.29. The van der Waals surface area contributed by atoms with Crippen LogP contribution in [0.1, 0.15) is 24.8 Å². The summed E-state index contributed by atoms with van der Waals surface area (Å²) in [5.41, 5.74) is 1.15. The summed E-state index contributed by atoms with van der Waals surface area (Å²) in [5, 5.41) is 3.64. The fourth-order valence-electron chi connectivity index (χ4n) is 3.47. The van der Waals surface area contributed by atoms with Crippen molar-refractivity contribution < 1.29 is 13.2 Å². The van der Waals surface area contributed by atoms with Crippen molar-refractivity contribution >= 4 is 10.0 Å². The topological polar surface area (TPSA) is 76.5 Å². The first-order valence-electron chi connectivity index (χ1n) is 9.36. The second-order valence-corrected chi connectivity index (χ2v) is 8.71. The second kappa shape index (κ2) is 8.97. The van der Waals surface area contributed by atoms with E-state index in [0.717, 1.165) is 18.5 Å². The van der Waals surface area contributed by atoms with Gasteiger partial charge in [0.25, 0.3) is 10.0 Å². The van der Waals surface area contributed by atoms with Crippen molar-refractivity contribution in [1.82, 2.24) is 19.2 Å². The summed E-state index contributed by atoms with van der Waals surface area (Å²) in [4.78, 5) is 4.05. The predicted octanol–water partition coefficient (Wildman–Crippen LogP) is 1.59. The molecule has 7 nitrogen and oxygen atoms in total. The van der Waals surface area contributed by atoms with Gasteiger partial charge >= 0.3 is 0 Å². The molecule has 1 aliphatic heterocycles. The van der Waals surface area contributed by atoms with Crippen LogP contribution in [0.4, 0.5) is 0 Å². The molecule has 2 atom stereocenters. The van der Waals surface area contributed by atoms with E-state index in [9.17, 15) is 8.42 Å². The second-order valence-electron chi connectivity index (χ2n) is 6.83. The van der Waals surface area contributed by atoms with E-state index in [-0.39, 0.29) is 17.0 Å². The zero-order valence-corrected chi connectivity index (χ0v) is 16.7. The van der Waals surface area contributed by atoms with Crippen molar-refractivity contribution in [3.05, 3.63) is 48.4 Å². The number of sulfonamides is 1.